The third-order valence-electron chi connectivity index (χ3n) is 2.15. The summed E-state index contributed by atoms with van der Waals surface area (Å²) in [5.41, 5.74) is 6.35. The zero-order chi connectivity index (χ0) is 12.1. The molecule has 1 aromatic carbocycles. The Morgan fingerprint density at radius 2 is 2.38 bits per heavy atom. The summed E-state index contributed by atoms with van der Waals surface area (Å²) in [6.07, 6.45) is 0. The summed E-state index contributed by atoms with van der Waals surface area (Å²) in [6.45, 7) is 2.43. The number of oxime groups is 1. The number of nitrogens with one attached hydrogen (secondary N) is 1. The maximum Gasteiger partial charge on any atom is 0.143 e. The Bertz CT molecular complexity index is 398. The summed E-state index contributed by atoms with van der Waals surface area (Å²) >= 11 is 9.28. The lowest BCUT2D eigenvalue weighted by Gasteiger charge is -2.13. The van der Waals surface area contributed by atoms with Crippen LogP contribution in [-0.2, 0) is 0 Å². The summed E-state index contributed by atoms with van der Waals surface area (Å²) < 4.78 is 0.920. The van der Waals surface area contributed by atoms with Crippen LogP contribution in [0.1, 0.15) is 6.92 Å². The van der Waals surface area contributed by atoms with Crippen LogP contribution in [-0.4, -0.2) is 17.6 Å². The first-order chi connectivity index (χ1) is 7.54. The lowest BCUT2D eigenvalue weighted by atomic mass is 10.1. The van der Waals surface area contributed by atoms with Crippen LogP contribution in [0.15, 0.2) is 27.8 Å². The molecule has 4 N–H and O–H groups in total. The van der Waals surface area contributed by atoms with Crippen molar-refractivity contribution in [3.05, 3.63) is 27.7 Å². The normalized spacial score (nSPS) is 13.6. The molecule has 1 rings (SSSR count). The standard InChI is InChI=1S/C10H13BrClN3O/c1-6(10(13)15-16)5-14-9-4-7(12)2-3-8(9)11/h2-4,6,14,16H,5H2,1H3,(H2,13,15). The quantitative estimate of drug-likeness (QED) is 0.347. The van der Waals surface area contributed by atoms with E-state index in [-0.39, 0.29) is 11.8 Å². The smallest absolute Gasteiger partial charge is 0.143 e. The molecule has 6 heteroatoms. The monoisotopic (exact) mass is 305 g/mol. The van der Waals surface area contributed by atoms with E-state index in [1.807, 2.05) is 19.1 Å². The number of halogens is 2. The van der Waals surface area contributed by atoms with E-state index in [9.17, 15) is 0 Å². The van der Waals surface area contributed by atoms with Gasteiger partial charge in [0.15, 0.2) is 0 Å². The maximum atomic E-state index is 8.51. The second-order valence-electron chi connectivity index (χ2n) is 3.43. The van der Waals surface area contributed by atoms with E-state index in [1.165, 1.54) is 0 Å². The van der Waals surface area contributed by atoms with Crippen molar-refractivity contribution in [2.45, 2.75) is 6.92 Å². The van der Waals surface area contributed by atoms with Gasteiger partial charge in [0, 0.05) is 27.6 Å². The summed E-state index contributed by atoms with van der Waals surface area (Å²) in [5, 5.41) is 15.3. The predicted molar refractivity (Wildman–Crippen MR) is 70.2 cm³/mol. The first kappa shape index (κ1) is 13.1. The number of amidine groups is 1. The largest absolute Gasteiger partial charge is 0.409 e. The molecule has 0 spiro atoms. The van der Waals surface area contributed by atoms with Gasteiger partial charge in [0.2, 0.25) is 0 Å². The minimum Gasteiger partial charge on any atom is -0.409 e. The fourth-order valence-corrected chi connectivity index (χ4v) is 1.66. The van der Waals surface area contributed by atoms with Gasteiger partial charge in [-0.1, -0.05) is 23.7 Å². The lowest BCUT2D eigenvalue weighted by molar-refractivity contribution is 0.315. The Balaban J connectivity index is 2.64. The highest BCUT2D eigenvalue weighted by Gasteiger charge is 2.08. The molecule has 4 nitrogen and oxygen atoms in total. The topological polar surface area (TPSA) is 70.6 Å². The predicted octanol–water partition coefficient (Wildman–Crippen LogP) is 2.90. The number of anilines is 1. The molecule has 0 aliphatic carbocycles. The van der Waals surface area contributed by atoms with Crippen molar-refractivity contribution in [2.24, 2.45) is 16.8 Å². The van der Waals surface area contributed by atoms with E-state index < -0.39 is 0 Å². The molecule has 0 amide bonds. The molecule has 0 saturated carbocycles. The molecule has 0 bridgehead atoms. The Hall–Kier alpha value is -0.940. The highest BCUT2D eigenvalue weighted by Crippen LogP contribution is 2.25. The molecule has 1 atom stereocenters. The number of rotatable bonds is 4. The van der Waals surface area contributed by atoms with Gasteiger partial charge in [0.05, 0.1) is 0 Å². The van der Waals surface area contributed by atoms with E-state index >= 15 is 0 Å². The number of benzene rings is 1. The van der Waals surface area contributed by atoms with E-state index in [2.05, 4.69) is 26.4 Å². The number of hydrogen-bond donors (Lipinski definition) is 3. The molecule has 1 unspecified atom stereocenters. The molecule has 88 valence electrons. The van der Waals surface area contributed by atoms with Gasteiger partial charge in [-0.15, -0.1) is 0 Å². The first-order valence-corrected chi connectivity index (χ1v) is 5.88. The van der Waals surface area contributed by atoms with Crippen LogP contribution < -0.4 is 11.1 Å². The van der Waals surface area contributed by atoms with Gasteiger partial charge in [0.25, 0.3) is 0 Å². The summed E-state index contributed by atoms with van der Waals surface area (Å²) in [4.78, 5) is 0. The molecule has 0 radical (unpaired) electrons. The minimum atomic E-state index is -0.0594. The number of hydrogen-bond acceptors (Lipinski definition) is 3. The van der Waals surface area contributed by atoms with Crippen LogP contribution in [0.4, 0.5) is 5.69 Å². The molecular formula is C10H13BrClN3O. The average Bonchev–Trinajstić information content (AvgIpc) is 2.28. The molecule has 1 aromatic rings. The zero-order valence-corrected chi connectivity index (χ0v) is 11.1. The van der Waals surface area contributed by atoms with Crippen LogP contribution in [0.3, 0.4) is 0 Å². The molecule has 0 aliphatic heterocycles. The fourth-order valence-electron chi connectivity index (χ4n) is 1.10. The van der Waals surface area contributed by atoms with Crippen molar-refractivity contribution in [1.82, 2.24) is 0 Å². The van der Waals surface area contributed by atoms with Gasteiger partial charge in [-0.05, 0) is 34.1 Å². The van der Waals surface area contributed by atoms with E-state index in [0.717, 1.165) is 10.2 Å². The molecule has 0 heterocycles. The van der Waals surface area contributed by atoms with Gasteiger partial charge < -0.3 is 16.3 Å². The summed E-state index contributed by atoms with van der Waals surface area (Å²) in [7, 11) is 0. The van der Waals surface area contributed by atoms with Crippen molar-refractivity contribution < 1.29 is 5.21 Å². The van der Waals surface area contributed by atoms with Crippen molar-refractivity contribution in [1.29, 1.82) is 0 Å². The SMILES string of the molecule is CC(CNc1cc(Cl)ccc1Br)/C(N)=N/O. The molecule has 0 saturated heterocycles. The molecule has 0 aromatic heterocycles. The van der Waals surface area contributed by atoms with E-state index in [0.29, 0.717) is 11.6 Å². The van der Waals surface area contributed by atoms with Crippen molar-refractivity contribution >= 4 is 39.1 Å². The Labute approximate surface area is 108 Å². The highest BCUT2D eigenvalue weighted by atomic mass is 79.9. The molecule has 0 fully saturated rings. The number of nitrogens with two attached hydrogens (primary N) is 1. The van der Waals surface area contributed by atoms with Crippen LogP contribution in [0.2, 0.25) is 5.02 Å². The van der Waals surface area contributed by atoms with Crippen LogP contribution in [0.25, 0.3) is 0 Å². The van der Waals surface area contributed by atoms with Gasteiger partial charge in [-0.3, -0.25) is 0 Å². The fraction of sp³-hybridized carbons (Fsp3) is 0.300. The lowest BCUT2D eigenvalue weighted by Crippen LogP contribution is -2.27. The third kappa shape index (κ3) is 3.57. The second kappa shape index (κ2) is 5.96. The Kier molecular flexibility index (Phi) is 4.89. The summed E-state index contributed by atoms with van der Waals surface area (Å²) in [5.74, 6) is 0.140. The van der Waals surface area contributed by atoms with Crippen LogP contribution in [0, 0.1) is 5.92 Å². The summed E-state index contributed by atoms with van der Waals surface area (Å²) in [6, 6.07) is 5.47. The molecule has 16 heavy (non-hydrogen) atoms. The van der Waals surface area contributed by atoms with Gasteiger partial charge in [-0.25, -0.2) is 0 Å². The molecule has 0 aliphatic rings. The van der Waals surface area contributed by atoms with Gasteiger partial charge in [0.1, 0.15) is 5.84 Å². The van der Waals surface area contributed by atoms with Crippen molar-refractivity contribution in [2.75, 3.05) is 11.9 Å². The van der Waals surface area contributed by atoms with Crippen LogP contribution in [0.5, 0.6) is 0 Å². The first-order valence-electron chi connectivity index (χ1n) is 4.71. The Morgan fingerprint density at radius 1 is 1.69 bits per heavy atom. The van der Waals surface area contributed by atoms with Gasteiger partial charge in [-0.2, -0.15) is 0 Å². The minimum absolute atomic E-state index is 0.0594. The van der Waals surface area contributed by atoms with Crippen molar-refractivity contribution in [3.63, 3.8) is 0 Å². The third-order valence-corrected chi connectivity index (χ3v) is 3.07. The van der Waals surface area contributed by atoms with E-state index in [1.54, 1.807) is 6.07 Å². The van der Waals surface area contributed by atoms with Crippen molar-refractivity contribution in [3.8, 4) is 0 Å². The van der Waals surface area contributed by atoms with Crippen LogP contribution >= 0.6 is 27.5 Å². The maximum absolute atomic E-state index is 8.51. The number of nitrogens with zero attached hydrogens (tertiary/aromatic N) is 1. The average molecular weight is 307 g/mol. The zero-order valence-electron chi connectivity index (χ0n) is 8.74. The van der Waals surface area contributed by atoms with Gasteiger partial charge >= 0.3 is 0 Å². The molecular weight excluding hydrogens is 293 g/mol. The van der Waals surface area contributed by atoms with E-state index in [4.69, 9.17) is 22.5 Å². The second-order valence-corrected chi connectivity index (χ2v) is 4.72. The Morgan fingerprint density at radius 3 is 3.00 bits per heavy atom. The highest BCUT2D eigenvalue weighted by molar-refractivity contribution is 9.10.